The lowest BCUT2D eigenvalue weighted by atomic mass is 9.86. The van der Waals surface area contributed by atoms with Gasteiger partial charge in [-0.3, -0.25) is 9.89 Å². The van der Waals surface area contributed by atoms with Gasteiger partial charge in [-0.1, -0.05) is 18.2 Å². The summed E-state index contributed by atoms with van der Waals surface area (Å²) in [4.78, 5) is 29.2. The van der Waals surface area contributed by atoms with Crippen LogP contribution in [0.15, 0.2) is 24.3 Å². The third kappa shape index (κ3) is 5.62. The number of alkyl halides is 3. The van der Waals surface area contributed by atoms with Gasteiger partial charge in [0.2, 0.25) is 0 Å². The molecule has 0 radical (unpaired) electrons. The lowest BCUT2D eigenvalue weighted by molar-refractivity contribution is -0.138. The Hall–Kier alpha value is -3.04. The molecule has 1 fully saturated rings. The molecule has 1 aromatic heterocycles. The summed E-state index contributed by atoms with van der Waals surface area (Å²) in [5, 5.41) is 7.21. The molecule has 190 valence electrons. The average Bonchev–Trinajstić information content (AvgIpc) is 3.06. The summed E-state index contributed by atoms with van der Waals surface area (Å²) in [5.41, 5.74) is 0.829. The van der Waals surface area contributed by atoms with Crippen LogP contribution in [0.4, 0.5) is 18.0 Å². The van der Waals surface area contributed by atoms with Crippen LogP contribution in [0, 0.1) is 0 Å². The van der Waals surface area contributed by atoms with Gasteiger partial charge in [-0.25, -0.2) is 4.79 Å². The molecule has 1 aromatic carbocycles. The number of hydrogen-bond donors (Lipinski definition) is 1. The van der Waals surface area contributed by atoms with Crippen molar-refractivity contribution in [2.24, 2.45) is 0 Å². The summed E-state index contributed by atoms with van der Waals surface area (Å²) in [6.07, 6.45) is -2.59. The molecule has 7 nitrogen and oxygen atoms in total. The number of fused-ring (bicyclic) bond motifs is 1. The van der Waals surface area contributed by atoms with Gasteiger partial charge in [0.05, 0.1) is 12.1 Å². The van der Waals surface area contributed by atoms with Gasteiger partial charge in [-0.2, -0.15) is 18.3 Å². The molecule has 3 heterocycles. The van der Waals surface area contributed by atoms with Gasteiger partial charge in [-0.15, -0.1) is 0 Å². The first-order valence-corrected chi connectivity index (χ1v) is 11.9. The number of rotatable bonds is 2. The molecule has 2 aromatic rings. The SMILES string of the molecule is CC(C)(C)OC(=O)N1CCCc2[nH]nc(C(=O)N3CCC(c4ccccc4C(F)(F)F)CC3)c2C1. The van der Waals surface area contributed by atoms with Crippen LogP contribution in [0.2, 0.25) is 0 Å². The van der Waals surface area contributed by atoms with Crippen molar-refractivity contribution >= 4 is 12.0 Å². The number of piperidine rings is 1. The van der Waals surface area contributed by atoms with Gasteiger partial charge in [0, 0.05) is 30.9 Å². The molecule has 4 rings (SSSR count). The maximum Gasteiger partial charge on any atom is 0.416 e. The fourth-order valence-electron chi connectivity index (χ4n) is 4.81. The fourth-order valence-corrected chi connectivity index (χ4v) is 4.81. The first kappa shape index (κ1) is 25.1. The van der Waals surface area contributed by atoms with Crippen molar-refractivity contribution < 1.29 is 27.5 Å². The highest BCUT2D eigenvalue weighted by molar-refractivity contribution is 5.94. The minimum atomic E-state index is -4.41. The van der Waals surface area contributed by atoms with Crippen LogP contribution in [0.3, 0.4) is 0 Å². The summed E-state index contributed by atoms with van der Waals surface area (Å²) >= 11 is 0. The van der Waals surface area contributed by atoms with Gasteiger partial charge in [0.1, 0.15) is 5.60 Å². The average molecular weight is 493 g/mol. The second-order valence-corrected chi connectivity index (χ2v) is 10.2. The molecule has 1 N–H and O–H groups in total. The second-order valence-electron chi connectivity index (χ2n) is 10.2. The normalized spacial score (nSPS) is 17.7. The smallest absolute Gasteiger partial charge is 0.416 e. The Labute approximate surface area is 202 Å². The van der Waals surface area contributed by atoms with Gasteiger partial charge in [0.25, 0.3) is 5.91 Å². The number of likely N-dealkylation sites (tertiary alicyclic amines) is 1. The largest absolute Gasteiger partial charge is 0.444 e. The number of ether oxygens (including phenoxy) is 1. The number of nitrogens with one attached hydrogen (secondary N) is 1. The summed E-state index contributed by atoms with van der Waals surface area (Å²) in [5.74, 6) is -0.535. The molecule has 2 aliphatic rings. The van der Waals surface area contributed by atoms with Gasteiger partial charge >= 0.3 is 12.3 Å². The van der Waals surface area contributed by atoms with Gasteiger partial charge in [-0.05, 0) is 64.0 Å². The van der Waals surface area contributed by atoms with E-state index in [1.54, 1.807) is 36.6 Å². The van der Waals surface area contributed by atoms with Crippen LogP contribution in [0.5, 0.6) is 0 Å². The Morgan fingerprint density at radius 1 is 1.06 bits per heavy atom. The highest BCUT2D eigenvalue weighted by Crippen LogP contribution is 2.39. The fraction of sp³-hybridized carbons (Fsp3) is 0.560. The quantitative estimate of drug-likeness (QED) is 0.630. The number of aromatic nitrogens is 2. The molecule has 2 amide bonds. The van der Waals surface area contributed by atoms with Crippen LogP contribution < -0.4 is 0 Å². The number of aromatic amines is 1. The molecular weight excluding hydrogens is 461 g/mol. The number of nitrogens with zero attached hydrogens (tertiary/aromatic N) is 3. The van der Waals surface area contributed by atoms with Crippen LogP contribution in [0.25, 0.3) is 0 Å². The molecule has 0 aliphatic carbocycles. The highest BCUT2D eigenvalue weighted by Gasteiger charge is 2.37. The number of aryl methyl sites for hydroxylation is 1. The van der Waals surface area contributed by atoms with E-state index in [-0.39, 0.29) is 29.6 Å². The van der Waals surface area contributed by atoms with Crippen LogP contribution >= 0.6 is 0 Å². The van der Waals surface area contributed by atoms with Crippen molar-refractivity contribution in [3.63, 3.8) is 0 Å². The first-order chi connectivity index (χ1) is 16.4. The zero-order valence-corrected chi connectivity index (χ0v) is 20.2. The minimum Gasteiger partial charge on any atom is -0.444 e. The number of amides is 2. The van der Waals surface area contributed by atoms with E-state index in [1.807, 2.05) is 0 Å². The third-order valence-electron chi connectivity index (χ3n) is 6.50. The molecular formula is C25H31F3N4O3. The van der Waals surface area contributed by atoms with E-state index < -0.39 is 23.4 Å². The predicted octanol–water partition coefficient (Wildman–Crippen LogP) is 5.13. The molecule has 0 saturated carbocycles. The van der Waals surface area contributed by atoms with Crippen molar-refractivity contribution in [3.05, 3.63) is 52.3 Å². The van der Waals surface area contributed by atoms with E-state index >= 15 is 0 Å². The highest BCUT2D eigenvalue weighted by atomic mass is 19.4. The molecule has 35 heavy (non-hydrogen) atoms. The Bertz CT molecular complexity index is 1080. The maximum atomic E-state index is 13.5. The zero-order chi connectivity index (χ0) is 25.4. The molecule has 1 saturated heterocycles. The van der Waals surface area contributed by atoms with E-state index in [9.17, 15) is 22.8 Å². The van der Waals surface area contributed by atoms with E-state index in [1.165, 1.54) is 12.1 Å². The van der Waals surface area contributed by atoms with E-state index in [4.69, 9.17) is 4.74 Å². The predicted molar refractivity (Wildman–Crippen MR) is 123 cm³/mol. The Morgan fingerprint density at radius 3 is 2.40 bits per heavy atom. The summed E-state index contributed by atoms with van der Waals surface area (Å²) in [6, 6.07) is 5.67. The molecule has 0 spiro atoms. The number of H-pyrrole nitrogens is 1. The monoisotopic (exact) mass is 492 g/mol. The van der Waals surface area contributed by atoms with E-state index in [2.05, 4.69) is 10.2 Å². The van der Waals surface area contributed by atoms with Crippen molar-refractivity contribution in [3.8, 4) is 0 Å². The van der Waals surface area contributed by atoms with Crippen LogP contribution in [0.1, 0.15) is 78.8 Å². The number of hydrogen-bond acceptors (Lipinski definition) is 4. The first-order valence-electron chi connectivity index (χ1n) is 11.9. The van der Waals surface area contributed by atoms with E-state index in [0.717, 1.165) is 11.8 Å². The van der Waals surface area contributed by atoms with Gasteiger partial charge < -0.3 is 14.5 Å². The summed E-state index contributed by atoms with van der Waals surface area (Å²) in [7, 11) is 0. The van der Waals surface area contributed by atoms with Crippen LogP contribution in [-0.2, 0) is 23.9 Å². The standard InChI is InChI=1S/C25H31F3N4O3/c1-24(2,3)35-23(34)32-12-6-9-20-18(15-32)21(30-29-20)22(33)31-13-10-16(11-14-31)17-7-4-5-8-19(17)25(26,27)28/h4-5,7-8,16H,6,9-15H2,1-3H3,(H,29,30). The topological polar surface area (TPSA) is 78.5 Å². The third-order valence-corrected chi connectivity index (χ3v) is 6.50. The molecule has 10 heteroatoms. The number of carbonyl (C=O) groups excluding carboxylic acids is 2. The van der Waals surface area contributed by atoms with Crippen molar-refractivity contribution in [2.45, 2.75) is 70.7 Å². The summed E-state index contributed by atoms with van der Waals surface area (Å²) < 4.78 is 45.9. The second kappa shape index (κ2) is 9.54. The van der Waals surface area contributed by atoms with E-state index in [0.29, 0.717) is 50.9 Å². The molecule has 0 unspecified atom stereocenters. The summed E-state index contributed by atoms with van der Waals surface area (Å²) in [6.45, 7) is 6.82. The lowest BCUT2D eigenvalue weighted by Crippen LogP contribution is -2.39. The molecule has 0 bridgehead atoms. The zero-order valence-electron chi connectivity index (χ0n) is 20.2. The van der Waals surface area contributed by atoms with Crippen LogP contribution in [-0.4, -0.2) is 57.2 Å². The molecule has 0 atom stereocenters. The van der Waals surface area contributed by atoms with Crippen molar-refractivity contribution in [2.75, 3.05) is 19.6 Å². The number of halogens is 3. The lowest BCUT2D eigenvalue weighted by Gasteiger charge is -2.33. The van der Waals surface area contributed by atoms with Crippen molar-refractivity contribution in [1.29, 1.82) is 0 Å². The van der Waals surface area contributed by atoms with Crippen molar-refractivity contribution in [1.82, 2.24) is 20.0 Å². The Kier molecular flexibility index (Phi) is 6.83. The molecule has 2 aliphatic heterocycles. The van der Waals surface area contributed by atoms with Gasteiger partial charge in [0.15, 0.2) is 5.69 Å². The maximum absolute atomic E-state index is 13.5. The minimum absolute atomic E-state index is 0.219. The number of carbonyl (C=O) groups is 2. The Morgan fingerprint density at radius 2 is 1.74 bits per heavy atom. The number of benzene rings is 1. The Balaban J connectivity index is 1.46.